The molecule has 1 aromatic rings. The number of allylic oxidation sites excluding steroid dienone is 1. The molecule has 0 saturated heterocycles. The fourth-order valence-electron chi connectivity index (χ4n) is 1.19. The van der Waals surface area contributed by atoms with Crippen molar-refractivity contribution in [3.8, 4) is 0 Å². The number of anilines is 1. The van der Waals surface area contributed by atoms with E-state index in [-0.39, 0.29) is 5.92 Å². The summed E-state index contributed by atoms with van der Waals surface area (Å²) in [6, 6.07) is 1.72. The molecule has 1 aromatic heterocycles. The van der Waals surface area contributed by atoms with Crippen LogP contribution in [0.3, 0.4) is 0 Å². The smallest absolute Gasteiger partial charge is 0.309 e. The number of nitrogens with one attached hydrogen (secondary N) is 2. The molecular formula is C9H14N4O. The Labute approximate surface area is 82.0 Å². The molecule has 14 heavy (non-hydrogen) atoms. The molecule has 1 heterocycles. The third kappa shape index (κ3) is 2.43. The zero-order valence-corrected chi connectivity index (χ0v) is 8.08. The first-order valence-corrected chi connectivity index (χ1v) is 4.36. The number of hydrazine groups is 1. The Morgan fingerprint density at radius 2 is 2.57 bits per heavy atom. The van der Waals surface area contributed by atoms with Crippen molar-refractivity contribution in [3.63, 3.8) is 0 Å². The minimum absolute atomic E-state index is 0.204. The van der Waals surface area contributed by atoms with Crippen molar-refractivity contribution < 1.29 is 0 Å². The molecule has 0 saturated carbocycles. The zero-order valence-electron chi connectivity index (χ0n) is 8.08. The lowest BCUT2D eigenvalue weighted by atomic mass is 10.0. The van der Waals surface area contributed by atoms with Crippen LogP contribution in [-0.4, -0.2) is 9.97 Å². The maximum Gasteiger partial charge on any atom is 0.347 e. The van der Waals surface area contributed by atoms with Crippen LogP contribution < -0.4 is 17.0 Å². The number of rotatable bonds is 4. The number of H-pyrrole nitrogens is 1. The fourth-order valence-corrected chi connectivity index (χ4v) is 1.19. The van der Waals surface area contributed by atoms with Gasteiger partial charge in [-0.05, 0) is 12.3 Å². The van der Waals surface area contributed by atoms with E-state index in [2.05, 4.69) is 22.0 Å². The van der Waals surface area contributed by atoms with Gasteiger partial charge in [0.2, 0.25) is 0 Å². The number of nitrogens with zero attached hydrogens (tertiary/aromatic N) is 1. The van der Waals surface area contributed by atoms with Gasteiger partial charge in [0.1, 0.15) is 5.82 Å². The van der Waals surface area contributed by atoms with Crippen LogP contribution in [-0.2, 0) is 0 Å². The molecule has 0 spiro atoms. The van der Waals surface area contributed by atoms with Crippen molar-refractivity contribution in [2.45, 2.75) is 19.3 Å². The normalized spacial score (nSPS) is 12.1. The fraction of sp³-hybridized carbons (Fsp3) is 0.333. The Morgan fingerprint density at radius 1 is 1.86 bits per heavy atom. The molecule has 0 aliphatic rings. The third-order valence-electron chi connectivity index (χ3n) is 1.96. The summed E-state index contributed by atoms with van der Waals surface area (Å²) >= 11 is 0. The van der Waals surface area contributed by atoms with Crippen LogP contribution in [0, 0.1) is 0 Å². The zero-order chi connectivity index (χ0) is 10.6. The Bertz CT molecular complexity index is 371. The molecule has 0 bridgehead atoms. The summed E-state index contributed by atoms with van der Waals surface area (Å²) in [7, 11) is 0. The maximum atomic E-state index is 11.1. The SMILES string of the molecule is C=CCC(C)c1cc(NN)nc(=O)[nH]1. The standard InChI is InChI=1S/C9H14N4O/c1-3-4-6(2)7-5-8(13-10)12-9(14)11-7/h3,5-6H,1,4,10H2,2H3,(H2,11,12,13,14). The summed E-state index contributed by atoms with van der Waals surface area (Å²) in [6.07, 6.45) is 2.60. The largest absolute Gasteiger partial charge is 0.347 e. The van der Waals surface area contributed by atoms with Gasteiger partial charge in [-0.15, -0.1) is 6.58 Å². The number of aromatic amines is 1. The molecule has 76 valence electrons. The van der Waals surface area contributed by atoms with E-state index >= 15 is 0 Å². The Kier molecular flexibility index (Phi) is 3.41. The van der Waals surface area contributed by atoms with Crippen LogP contribution >= 0.6 is 0 Å². The van der Waals surface area contributed by atoms with Gasteiger partial charge in [-0.3, -0.25) is 0 Å². The van der Waals surface area contributed by atoms with Crippen LogP contribution in [0.2, 0.25) is 0 Å². The topological polar surface area (TPSA) is 83.8 Å². The van der Waals surface area contributed by atoms with Crippen molar-refractivity contribution in [2.75, 3.05) is 5.43 Å². The molecule has 0 aliphatic carbocycles. The second-order valence-corrected chi connectivity index (χ2v) is 3.10. The van der Waals surface area contributed by atoms with Crippen molar-refractivity contribution in [2.24, 2.45) is 5.84 Å². The maximum absolute atomic E-state index is 11.1. The Hall–Kier alpha value is -1.62. The van der Waals surface area contributed by atoms with Crippen molar-refractivity contribution in [1.82, 2.24) is 9.97 Å². The molecule has 5 heteroatoms. The number of aromatic nitrogens is 2. The van der Waals surface area contributed by atoms with Gasteiger partial charge in [0, 0.05) is 11.8 Å². The second-order valence-electron chi connectivity index (χ2n) is 3.10. The highest BCUT2D eigenvalue weighted by molar-refractivity contribution is 5.33. The lowest BCUT2D eigenvalue weighted by Gasteiger charge is -2.09. The van der Waals surface area contributed by atoms with E-state index < -0.39 is 5.69 Å². The van der Waals surface area contributed by atoms with Gasteiger partial charge in [0.15, 0.2) is 0 Å². The number of nitrogen functional groups attached to an aromatic ring is 1. The molecule has 0 radical (unpaired) electrons. The second kappa shape index (κ2) is 4.57. The average Bonchev–Trinajstić information content (AvgIpc) is 2.17. The minimum atomic E-state index is -0.397. The summed E-state index contributed by atoms with van der Waals surface area (Å²) in [5, 5.41) is 0. The summed E-state index contributed by atoms with van der Waals surface area (Å²) in [4.78, 5) is 17.4. The van der Waals surface area contributed by atoms with Crippen molar-refractivity contribution in [3.05, 3.63) is 34.9 Å². The van der Waals surface area contributed by atoms with E-state index in [1.165, 1.54) is 0 Å². The quantitative estimate of drug-likeness (QED) is 0.375. The van der Waals surface area contributed by atoms with E-state index in [4.69, 9.17) is 5.84 Å². The Morgan fingerprint density at radius 3 is 3.14 bits per heavy atom. The Balaban J connectivity index is 3.02. The molecule has 1 unspecified atom stereocenters. The summed E-state index contributed by atoms with van der Waals surface area (Å²) in [5.74, 6) is 5.75. The molecule has 1 rings (SSSR count). The van der Waals surface area contributed by atoms with E-state index in [0.717, 1.165) is 12.1 Å². The van der Waals surface area contributed by atoms with E-state index in [9.17, 15) is 4.79 Å². The monoisotopic (exact) mass is 194 g/mol. The van der Waals surface area contributed by atoms with E-state index in [0.29, 0.717) is 5.82 Å². The molecule has 0 aliphatic heterocycles. The third-order valence-corrected chi connectivity index (χ3v) is 1.96. The number of hydrogen-bond acceptors (Lipinski definition) is 4. The van der Waals surface area contributed by atoms with Crippen LogP contribution in [0.25, 0.3) is 0 Å². The van der Waals surface area contributed by atoms with Gasteiger partial charge >= 0.3 is 5.69 Å². The van der Waals surface area contributed by atoms with Crippen LogP contribution in [0.1, 0.15) is 25.0 Å². The summed E-state index contributed by atoms with van der Waals surface area (Å²) in [6.45, 7) is 5.64. The van der Waals surface area contributed by atoms with Gasteiger partial charge < -0.3 is 10.4 Å². The molecule has 1 atom stereocenters. The minimum Gasteiger partial charge on any atom is -0.309 e. The highest BCUT2D eigenvalue weighted by Gasteiger charge is 2.06. The molecule has 0 fully saturated rings. The van der Waals surface area contributed by atoms with Crippen molar-refractivity contribution in [1.29, 1.82) is 0 Å². The lowest BCUT2D eigenvalue weighted by Crippen LogP contribution is -2.19. The molecule has 4 N–H and O–H groups in total. The van der Waals surface area contributed by atoms with Gasteiger partial charge in [-0.2, -0.15) is 4.98 Å². The molecule has 5 nitrogen and oxygen atoms in total. The highest BCUT2D eigenvalue weighted by Crippen LogP contribution is 2.16. The van der Waals surface area contributed by atoms with Gasteiger partial charge in [0.25, 0.3) is 0 Å². The summed E-state index contributed by atoms with van der Waals surface area (Å²) < 4.78 is 0. The van der Waals surface area contributed by atoms with E-state index in [1.807, 2.05) is 6.92 Å². The molecule has 0 aromatic carbocycles. The van der Waals surface area contributed by atoms with Crippen LogP contribution in [0.4, 0.5) is 5.82 Å². The lowest BCUT2D eigenvalue weighted by molar-refractivity contribution is 0.738. The predicted molar refractivity (Wildman–Crippen MR) is 55.9 cm³/mol. The van der Waals surface area contributed by atoms with E-state index in [1.54, 1.807) is 12.1 Å². The van der Waals surface area contributed by atoms with Gasteiger partial charge in [0.05, 0.1) is 0 Å². The average molecular weight is 194 g/mol. The first-order chi connectivity index (χ1) is 6.67. The highest BCUT2D eigenvalue weighted by atomic mass is 16.1. The van der Waals surface area contributed by atoms with Gasteiger partial charge in [-0.1, -0.05) is 13.0 Å². The molecular weight excluding hydrogens is 180 g/mol. The predicted octanol–water partition coefficient (Wildman–Crippen LogP) is 0.735. The van der Waals surface area contributed by atoms with Gasteiger partial charge in [-0.25, -0.2) is 10.6 Å². The summed E-state index contributed by atoms with van der Waals surface area (Å²) in [5.41, 5.74) is 2.75. The molecule has 0 amide bonds. The number of hydrogen-bond donors (Lipinski definition) is 3. The first-order valence-electron chi connectivity index (χ1n) is 4.36. The van der Waals surface area contributed by atoms with Crippen LogP contribution in [0.5, 0.6) is 0 Å². The van der Waals surface area contributed by atoms with Crippen LogP contribution in [0.15, 0.2) is 23.5 Å². The first kappa shape index (κ1) is 10.5. The number of nitrogens with two attached hydrogens (primary N) is 1. The van der Waals surface area contributed by atoms with Crippen molar-refractivity contribution >= 4 is 5.82 Å².